The largest absolute Gasteiger partial charge is 0.497 e. The van der Waals surface area contributed by atoms with Crippen molar-refractivity contribution in [1.82, 2.24) is 4.31 Å². The molecule has 1 saturated heterocycles. The van der Waals surface area contributed by atoms with Gasteiger partial charge in [-0.2, -0.15) is 4.31 Å². The standard InChI is InChI=1S/C20H24N2O5S/c1-3-27-20(23)16-7-9-19(10-8-16)28(24,25)22-13-11-21(12-14-22)17-5-4-6-18(15-17)26-2/h4-10,15H,3,11-14H2,1-2H3. The third kappa shape index (κ3) is 4.28. The number of ether oxygens (including phenoxy) is 2. The van der Waals surface area contributed by atoms with Crippen LogP contribution in [0.4, 0.5) is 5.69 Å². The maximum atomic E-state index is 12.9. The summed E-state index contributed by atoms with van der Waals surface area (Å²) < 4.78 is 37.5. The fraction of sp³-hybridized carbons (Fsp3) is 0.350. The number of nitrogens with zero attached hydrogens (tertiary/aromatic N) is 2. The van der Waals surface area contributed by atoms with E-state index in [9.17, 15) is 13.2 Å². The Balaban J connectivity index is 1.68. The summed E-state index contributed by atoms with van der Waals surface area (Å²) in [5.74, 6) is 0.313. The summed E-state index contributed by atoms with van der Waals surface area (Å²) >= 11 is 0. The lowest BCUT2D eigenvalue weighted by molar-refractivity contribution is 0.0526. The number of piperazine rings is 1. The Kier molecular flexibility index (Phi) is 6.21. The predicted octanol–water partition coefficient (Wildman–Crippen LogP) is 2.38. The van der Waals surface area contributed by atoms with Gasteiger partial charge in [0.05, 0.1) is 24.2 Å². The molecule has 1 aliphatic heterocycles. The third-order valence-electron chi connectivity index (χ3n) is 4.66. The van der Waals surface area contributed by atoms with Crippen LogP contribution in [0.2, 0.25) is 0 Å². The van der Waals surface area contributed by atoms with Gasteiger partial charge in [-0.05, 0) is 43.3 Å². The van der Waals surface area contributed by atoms with Crippen LogP contribution in [0, 0.1) is 0 Å². The van der Waals surface area contributed by atoms with Crippen LogP contribution in [0.15, 0.2) is 53.4 Å². The van der Waals surface area contributed by atoms with Gasteiger partial charge in [0.25, 0.3) is 0 Å². The monoisotopic (exact) mass is 404 g/mol. The molecule has 7 nitrogen and oxygen atoms in total. The van der Waals surface area contributed by atoms with Gasteiger partial charge in [-0.3, -0.25) is 0 Å². The van der Waals surface area contributed by atoms with Crippen molar-refractivity contribution in [2.24, 2.45) is 0 Å². The number of esters is 1. The van der Waals surface area contributed by atoms with Crippen molar-refractivity contribution in [2.75, 3.05) is 44.8 Å². The lowest BCUT2D eigenvalue weighted by Gasteiger charge is -2.35. The molecule has 0 aliphatic carbocycles. The first-order chi connectivity index (χ1) is 13.5. The van der Waals surface area contributed by atoms with Crippen LogP contribution in [-0.2, 0) is 14.8 Å². The van der Waals surface area contributed by atoms with Crippen molar-refractivity contribution in [3.8, 4) is 5.75 Å². The molecule has 150 valence electrons. The summed E-state index contributed by atoms with van der Waals surface area (Å²) in [6.07, 6.45) is 0. The first-order valence-corrected chi connectivity index (χ1v) is 10.6. The summed E-state index contributed by atoms with van der Waals surface area (Å²) in [7, 11) is -1.98. The van der Waals surface area contributed by atoms with Gasteiger partial charge in [-0.1, -0.05) is 6.07 Å². The molecule has 2 aromatic rings. The molecule has 1 fully saturated rings. The molecule has 28 heavy (non-hydrogen) atoms. The van der Waals surface area contributed by atoms with E-state index in [1.54, 1.807) is 14.0 Å². The molecule has 0 atom stereocenters. The lowest BCUT2D eigenvalue weighted by Crippen LogP contribution is -2.48. The molecule has 0 unspecified atom stereocenters. The van der Waals surface area contributed by atoms with Gasteiger partial charge in [0.15, 0.2) is 0 Å². The highest BCUT2D eigenvalue weighted by atomic mass is 32.2. The quantitative estimate of drug-likeness (QED) is 0.688. The summed E-state index contributed by atoms with van der Waals surface area (Å²) in [6.45, 7) is 3.96. The number of rotatable bonds is 6. The first-order valence-electron chi connectivity index (χ1n) is 9.12. The van der Waals surface area contributed by atoms with Crippen LogP contribution in [0.1, 0.15) is 17.3 Å². The first kappa shape index (κ1) is 20.2. The average molecular weight is 404 g/mol. The van der Waals surface area contributed by atoms with Crippen molar-refractivity contribution < 1.29 is 22.7 Å². The Labute approximate surface area is 165 Å². The van der Waals surface area contributed by atoms with E-state index in [1.807, 2.05) is 24.3 Å². The van der Waals surface area contributed by atoms with Crippen LogP contribution < -0.4 is 9.64 Å². The molecular weight excluding hydrogens is 380 g/mol. The molecule has 0 radical (unpaired) electrons. The van der Waals surface area contributed by atoms with E-state index in [0.717, 1.165) is 11.4 Å². The van der Waals surface area contributed by atoms with Crippen LogP contribution in [0.5, 0.6) is 5.75 Å². The second-order valence-electron chi connectivity index (χ2n) is 6.34. The summed E-state index contributed by atoms with van der Waals surface area (Å²) in [5, 5.41) is 0. The topological polar surface area (TPSA) is 76.2 Å². The molecule has 1 heterocycles. The maximum absolute atomic E-state index is 12.9. The minimum Gasteiger partial charge on any atom is -0.497 e. The Morgan fingerprint density at radius 3 is 2.32 bits per heavy atom. The third-order valence-corrected chi connectivity index (χ3v) is 6.57. The van der Waals surface area contributed by atoms with Crippen molar-refractivity contribution in [2.45, 2.75) is 11.8 Å². The molecule has 2 aromatic carbocycles. The minimum atomic E-state index is -3.61. The highest BCUT2D eigenvalue weighted by molar-refractivity contribution is 7.89. The Bertz CT molecular complexity index is 920. The van der Waals surface area contributed by atoms with Gasteiger partial charge in [-0.25, -0.2) is 13.2 Å². The van der Waals surface area contributed by atoms with E-state index in [0.29, 0.717) is 31.7 Å². The number of hydrogen-bond acceptors (Lipinski definition) is 6. The molecule has 0 amide bonds. The van der Waals surface area contributed by atoms with Gasteiger partial charge in [0.1, 0.15) is 5.75 Å². The molecule has 0 spiro atoms. The van der Waals surface area contributed by atoms with E-state index in [2.05, 4.69) is 4.90 Å². The fourth-order valence-electron chi connectivity index (χ4n) is 3.12. The molecule has 0 saturated carbocycles. The number of hydrogen-bond donors (Lipinski definition) is 0. The van der Waals surface area contributed by atoms with E-state index < -0.39 is 16.0 Å². The highest BCUT2D eigenvalue weighted by Gasteiger charge is 2.28. The average Bonchev–Trinajstić information content (AvgIpc) is 2.74. The van der Waals surface area contributed by atoms with E-state index in [-0.39, 0.29) is 11.5 Å². The second-order valence-corrected chi connectivity index (χ2v) is 8.28. The number of anilines is 1. The van der Waals surface area contributed by atoms with Crippen LogP contribution in [-0.4, -0.2) is 58.6 Å². The normalized spacial score (nSPS) is 15.3. The SMILES string of the molecule is CCOC(=O)c1ccc(S(=O)(=O)N2CCN(c3cccc(OC)c3)CC2)cc1. The van der Waals surface area contributed by atoms with Crippen LogP contribution in [0.25, 0.3) is 0 Å². The Morgan fingerprint density at radius 2 is 1.71 bits per heavy atom. The van der Waals surface area contributed by atoms with Crippen molar-refractivity contribution in [3.05, 3.63) is 54.1 Å². The van der Waals surface area contributed by atoms with Crippen molar-refractivity contribution in [3.63, 3.8) is 0 Å². The number of carbonyl (C=O) groups excluding carboxylic acids is 1. The summed E-state index contributed by atoms with van der Waals surface area (Å²) in [5.41, 5.74) is 1.35. The molecule has 1 aliphatic rings. The van der Waals surface area contributed by atoms with Gasteiger partial charge >= 0.3 is 5.97 Å². The van der Waals surface area contributed by atoms with E-state index in [4.69, 9.17) is 9.47 Å². The van der Waals surface area contributed by atoms with E-state index in [1.165, 1.54) is 28.6 Å². The summed E-state index contributed by atoms with van der Waals surface area (Å²) in [4.78, 5) is 14.0. The van der Waals surface area contributed by atoms with Gasteiger partial charge in [-0.15, -0.1) is 0 Å². The van der Waals surface area contributed by atoms with Crippen molar-refractivity contribution >= 4 is 21.7 Å². The number of sulfonamides is 1. The van der Waals surface area contributed by atoms with Gasteiger partial charge in [0.2, 0.25) is 10.0 Å². The summed E-state index contributed by atoms with van der Waals surface area (Å²) in [6, 6.07) is 13.6. The predicted molar refractivity (Wildman–Crippen MR) is 106 cm³/mol. The van der Waals surface area contributed by atoms with E-state index >= 15 is 0 Å². The molecule has 0 N–H and O–H groups in total. The smallest absolute Gasteiger partial charge is 0.338 e. The fourth-order valence-corrected chi connectivity index (χ4v) is 4.54. The molecular formula is C20H24N2O5S. The number of benzene rings is 2. The molecule has 3 rings (SSSR count). The van der Waals surface area contributed by atoms with Gasteiger partial charge < -0.3 is 14.4 Å². The highest BCUT2D eigenvalue weighted by Crippen LogP contribution is 2.24. The minimum absolute atomic E-state index is 0.176. The lowest BCUT2D eigenvalue weighted by atomic mass is 10.2. The Hall–Kier alpha value is -2.58. The number of methoxy groups -OCH3 is 1. The molecule has 8 heteroatoms. The zero-order chi connectivity index (χ0) is 20.1. The molecule has 0 aromatic heterocycles. The zero-order valence-corrected chi connectivity index (χ0v) is 16.8. The maximum Gasteiger partial charge on any atom is 0.338 e. The number of carbonyl (C=O) groups is 1. The van der Waals surface area contributed by atoms with Gasteiger partial charge in [0, 0.05) is 37.9 Å². The van der Waals surface area contributed by atoms with Crippen molar-refractivity contribution in [1.29, 1.82) is 0 Å². The van der Waals surface area contributed by atoms with Crippen LogP contribution in [0.3, 0.4) is 0 Å². The zero-order valence-electron chi connectivity index (χ0n) is 16.0. The van der Waals surface area contributed by atoms with Crippen LogP contribution >= 0.6 is 0 Å². The Morgan fingerprint density at radius 1 is 1.04 bits per heavy atom. The molecule has 0 bridgehead atoms. The second kappa shape index (κ2) is 8.62.